The Balaban J connectivity index is 3.03. The van der Waals surface area contributed by atoms with Gasteiger partial charge in [-0.1, -0.05) is 6.08 Å². The summed E-state index contributed by atoms with van der Waals surface area (Å²) < 4.78 is 78.4. The topological polar surface area (TPSA) is 69.2 Å². The lowest BCUT2D eigenvalue weighted by Crippen LogP contribution is -2.22. The largest absolute Gasteiger partial charge is 0.575 e. The molecule has 0 atom stereocenters. The highest BCUT2D eigenvalue weighted by atomic mass is 19.4. The molecular formula is C8H6F6N4O2. The molecule has 0 saturated carbocycles. The Kier molecular flexibility index (Phi) is 4.57. The highest BCUT2D eigenvalue weighted by Crippen LogP contribution is 2.24. The van der Waals surface area contributed by atoms with E-state index in [4.69, 9.17) is 0 Å². The van der Waals surface area contributed by atoms with E-state index >= 15 is 0 Å². The van der Waals surface area contributed by atoms with Crippen molar-refractivity contribution in [3.63, 3.8) is 0 Å². The van der Waals surface area contributed by atoms with Crippen LogP contribution < -0.4 is 14.8 Å². The summed E-state index contributed by atoms with van der Waals surface area (Å²) in [5, 5.41) is 2.27. The smallest absolute Gasteiger partial charge is 0.370 e. The molecule has 0 aliphatic rings. The summed E-state index contributed by atoms with van der Waals surface area (Å²) in [4.78, 5) is 8.97. The van der Waals surface area contributed by atoms with Gasteiger partial charge in [0.2, 0.25) is 5.95 Å². The van der Waals surface area contributed by atoms with E-state index in [0.717, 1.165) is 0 Å². The molecule has 1 heterocycles. The van der Waals surface area contributed by atoms with E-state index in [0.29, 0.717) is 0 Å². The molecule has 0 radical (unpaired) electrons. The van der Waals surface area contributed by atoms with Crippen molar-refractivity contribution in [2.45, 2.75) is 12.7 Å². The van der Waals surface area contributed by atoms with Gasteiger partial charge in [-0.3, -0.25) is 0 Å². The van der Waals surface area contributed by atoms with Crippen LogP contribution in [0.1, 0.15) is 0 Å². The predicted molar refractivity (Wildman–Crippen MR) is 51.9 cm³/mol. The van der Waals surface area contributed by atoms with Gasteiger partial charge in [0.15, 0.2) is 0 Å². The number of hydrogen-bond donors (Lipinski definition) is 1. The number of nitrogens with one attached hydrogen (secondary N) is 1. The molecule has 12 heteroatoms. The molecule has 6 nitrogen and oxygen atoms in total. The minimum atomic E-state index is -5.17. The molecule has 0 saturated heterocycles. The van der Waals surface area contributed by atoms with E-state index in [2.05, 4.69) is 36.3 Å². The van der Waals surface area contributed by atoms with Gasteiger partial charge in [0.25, 0.3) is 0 Å². The van der Waals surface area contributed by atoms with Crippen molar-refractivity contribution in [2.75, 3.05) is 11.9 Å². The maximum atomic E-state index is 12.0. The Bertz CT molecular complexity index is 441. The molecule has 0 spiro atoms. The van der Waals surface area contributed by atoms with Crippen LogP contribution >= 0.6 is 0 Å². The van der Waals surface area contributed by atoms with Gasteiger partial charge in [-0.2, -0.15) is 9.97 Å². The fourth-order valence-electron chi connectivity index (χ4n) is 0.879. The molecule has 0 bridgehead atoms. The van der Waals surface area contributed by atoms with E-state index < -0.39 is 30.7 Å². The second kappa shape index (κ2) is 5.79. The van der Waals surface area contributed by atoms with Crippen molar-refractivity contribution < 1.29 is 35.8 Å². The summed E-state index contributed by atoms with van der Waals surface area (Å²) in [5.74, 6) is -0.599. The van der Waals surface area contributed by atoms with E-state index in [1.54, 1.807) is 0 Å². The van der Waals surface area contributed by atoms with Crippen LogP contribution in [0.4, 0.5) is 32.3 Å². The van der Waals surface area contributed by atoms with E-state index in [1.807, 2.05) is 0 Å². The van der Waals surface area contributed by atoms with Crippen LogP contribution in [-0.2, 0) is 0 Å². The maximum absolute atomic E-state index is 12.0. The molecule has 0 aliphatic heterocycles. The first-order valence-corrected chi connectivity index (χ1v) is 4.71. The minimum absolute atomic E-state index is 0.0130. The second-order valence-electron chi connectivity index (χ2n) is 2.99. The molecule has 0 unspecified atom stereocenters. The quantitative estimate of drug-likeness (QED) is 0.665. The first kappa shape index (κ1) is 15.8. The number of rotatable bonds is 5. The van der Waals surface area contributed by atoms with Crippen LogP contribution in [0.2, 0.25) is 0 Å². The summed E-state index contributed by atoms with van der Waals surface area (Å²) in [6, 6.07) is -2.78. The molecule has 1 aromatic heterocycles. The van der Waals surface area contributed by atoms with Crippen molar-refractivity contribution in [1.29, 1.82) is 0 Å². The number of alkyl halides is 6. The lowest BCUT2D eigenvalue weighted by Gasteiger charge is -2.11. The number of halogens is 6. The highest BCUT2D eigenvalue weighted by Gasteiger charge is 2.36. The number of anilines is 1. The normalized spacial score (nSPS) is 11.9. The number of hydrogen-bond acceptors (Lipinski definition) is 6. The van der Waals surface area contributed by atoms with Crippen LogP contribution in [0.5, 0.6) is 12.0 Å². The molecule has 1 rings (SSSR count). The van der Waals surface area contributed by atoms with Gasteiger partial charge in [-0.25, -0.2) is 0 Å². The van der Waals surface area contributed by atoms with Crippen LogP contribution in [0.15, 0.2) is 12.7 Å². The van der Waals surface area contributed by atoms with Crippen LogP contribution in [0, 0.1) is 0 Å². The highest BCUT2D eigenvalue weighted by molar-refractivity contribution is 5.28. The minimum Gasteiger partial charge on any atom is -0.370 e. The molecule has 0 aromatic carbocycles. The Labute approximate surface area is 107 Å². The summed E-state index contributed by atoms with van der Waals surface area (Å²) >= 11 is 0. The van der Waals surface area contributed by atoms with Crippen LogP contribution in [0.3, 0.4) is 0 Å². The van der Waals surface area contributed by atoms with Gasteiger partial charge in [-0.05, 0) is 0 Å². The van der Waals surface area contributed by atoms with Gasteiger partial charge >= 0.3 is 24.7 Å². The van der Waals surface area contributed by atoms with Gasteiger partial charge in [0, 0.05) is 6.54 Å². The Morgan fingerprint density at radius 3 is 1.75 bits per heavy atom. The molecule has 112 valence electrons. The summed E-state index contributed by atoms with van der Waals surface area (Å²) in [5.41, 5.74) is 0. The molecule has 0 aliphatic carbocycles. The number of ether oxygens (including phenoxy) is 2. The summed E-state index contributed by atoms with van der Waals surface area (Å²) in [7, 11) is 0. The molecule has 0 fully saturated rings. The summed E-state index contributed by atoms with van der Waals surface area (Å²) in [6.45, 7) is 3.27. The van der Waals surface area contributed by atoms with Gasteiger partial charge in [-0.15, -0.1) is 37.9 Å². The first-order valence-electron chi connectivity index (χ1n) is 4.71. The monoisotopic (exact) mass is 304 g/mol. The fourth-order valence-corrected chi connectivity index (χ4v) is 0.879. The second-order valence-corrected chi connectivity index (χ2v) is 2.99. The SMILES string of the molecule is C=CCNc1nc(OC(F)(F)F)nc(OC(F)(F)F)n1. The lowest BCUT2D eigenvalue weighted by atomic mass is 10.6. The number of nitrogens with zero attached hydrogens (tertiary/aromatic N) is 3. The zero-order valence-corrected chi connectivity index (χ0v) is 9.42. The van der Waals surface area contributed by atoms with Crippen molar-refractivity contribution in [1.82, 2.24) is 15.0 Å². The van der Waals surface area contributed by atoms with Crippen molar-refractivity contribution in [2.24, 2.45) is 0 Å². The van der Waals surface area contributed by atoms with Gasteiger partial charge < -0.3 is 14.8 Å². The zero-order valence-electron chi connectivity index (χ0n) is 9.42. The van der Waals surface area contributed by atoms with Crippen molar-refractivity contribution >= 4 is 5.95 Å². The average Bonchev–Trinajstić information content (AvgIpc) is 2.21. The van der Waals surface area contributed by atoms with Crippen molar-refractivity contribution in [3.8, 4) is 12.0 Å². The third kappa shape index (κ3) is 6.06. The Hall–Kier alpha value is -2.27. The molecule has 1 N–H and O–H groups in total. The average molecular weight is 304 g/mol. The molecule has 20 heavy (non-hydrogen) atoms. The lowest BCUT2D eigenvalue weighted by molar-refractivity contribution is -0.281. The predicted octanol–water partition coefficient (Wildman–Crippen LogP) is 2.27. The zero-order chi connectivity index (χ0) is 15.4. The molecule has 1 aromatic rings. The van der Waals surface area contributed by atoms with E-state index in [9.17, 15) is 26.3 Å². The van der Waals surface area contributed by atoms with E-state index in [1.165, 1.54) is 6.08 Å². The summed E-state index contributed by atoms with van der Waals surface area (Å²) in [6.07, 6.45) is -9.07. The third-order valence-corrected chi connectivity index (χ3v) is 1.41. The van der Waals surface area contributed by atoms with Gasteiger partial charge in [0.1, 0.15) is 0 Å². The number of aromatic nitrogens is 3. The van der Waals surface area contributed by atoms with Crippen LogP contribution in [0.25, 0.3) is 0 Å². The molecular weight excluding hydrogens is 298 g/mol. The Morgan fingerprint density at radius 2 is 1.40 bits per heavy atom. The first-order chi connectivity index (χ1) is 9.09. The third-order valence-electron chi connectivity index (χ3n) is 1.41. The van der Waals surface area contributed by atoms with E-state index in [-0.39, 0.29) is 6.54 Å². The fraction of sp³-hybridized carbons (Fsp3) is 0.375. The Morgan fingerprint density at radius 1 is 0.950 bits per heavy atom. The standard InChI is InChI=1S/C8H6F6N4O2/c1-2-3-15-4-16-5(19-7(9,10)11)18-6(17-4)20-8(12,13)14/h2H,1,3H2,(H,15,16,17,18). The maximum Gasteiger partial charge on any atom is 0.575 e. The van der Waals surface area contributed by atoms with Crippen molar-refractivity contribution in [3.05, 3.63) is 12.7 Å². The van der Waals surface area contributed by atoms with Crippen LogP contribution in [-0.4, -0.2) is 34.2 Å². The van der Waals surface area contributed by atoms with Gasteiger partial charge in [0.05, 0.1) is 0 Å². The molecule has 0 amide bonds.